The second-order valence-corrected chi connectivity index (χ2v) is 4.32. The zero-order chi connectivity index (χ0) is 9.90. The van der Waals surface area contributed by atoms with Gasteiger partial charge in [-0.1, -0.05) is 17.7 Å². The quantitative estimate of drug-likeness (QED) is 0.729. The molecule has 0 amide bonds. The van der Waals surface area contributed by atoms with E-state index in [0.717, 1.165) is 5.56 Å². The van der Waals surface area contributed by atoms with Crippen molar-refractivity contribution < 1.29 is 8.42 Å². The number of benzene rings is 1. The minimum Gasteiger partial charge on any atom is -0.206 e. The van der Waals surface area contributed by atoms with E-state index in [9.17, 15) is 8.42 Å². The molecule has 0 heterocycles. The second kappa shape index (κ2) is 3.89. The Hall–Kier alpha value is -0.870. The molecule has 0 aliphatic rings. The van der Waals surface area contributed by atoms with E-state index in [-0.39, 0.29) is 11.4 Å². The van der Waals surface area contributed by atoms with Crippen molar-refractivity contribution in [2.75, 3.05) is 6.54 Å². The molecule has 0 bridgehead atoms. The van der Waals surface area contributed by atoms with E-state index >= 15 is 0 Å². The van der Waals surface area contributed by atoms with Crippen LogP contribution in [0.5, 0.6) is 0 Å². The van der Waals surface area contributed by atoms with Crippen molar-refractivity contribution in [2.24, 2.45) is 0 Å². The lowest BCUT2D eigenvalue weighted by molar-refractivity contribution is 0.584. The molecule has 1 aromatic carbocycles. The van der Waals surface area contributed by atoms with Crippen molar-refractivity contribution in [1.82, 2.24) is 4.72 Å². The standard InChI is InChI=1S/C9H11NO2S/c1-3-10-13(11,12)9-6-4-8(2)5-7-9/h4-7H,1,3H2,2H3. The van der Waals surface area contributed by atoms with Gasteiger partial charge in [0, 0.05) is 6.54 Å². The highest BCUT2D eigenvalue weighted by atomic mass is 32.2. The molecule has 70 valence electrons. The molecular weight excluding hydrogens is 186 g/mol. The Morgan fingerprint density at radius 1 is 1.31 bits per heavy atom. The van der Waals surface area contributed by atoms with E-state index < -0.39 is 10.0 Å². The van der Waals surface area contributed by atoms with Gasteiger partial charge in [0.1, 0.15) is 0 Å². The van der Waals surface area contributed by atoms with Crippen LogP contribution >= 0.6 is 0 Å². The summed E-state index contributed by atoms with van der Waals surface area (Å²) in [5, 5.41) is 0. The van der Waals surface area contributed by atoms with Crippen LogP contribution in [0.25, 0.3) is 0 Å². The lowest BCUT2D eigenvalue weighted by Gasteiger charge is -2.01. The molecule has 4 heteroatoms. The third-order valence-corrected chi connectivity index (χ3v) is 2.97. The molecule has 0 saturated carbocycles. The van der Waals surface area contributed by atoms with Crippen LogP contribution in [0.3, 0.4) is 0 Å². The summed E-state index contributed by atoms with van der Waals surface area (Å²) in [4.78, 5) is 0.224. The van der Waals surface area contributed by atoms with Crippen LogP contribution in [0, 0.1) is 13.8 Å². The van der Waals surface area contributed by atoms with Gasteiger partial charge in [-0.3, -0.25) is 0 Å². The Morgan fingerprint density at radius 3 is 2.31 bits per heavy atom. The van der Waals surface area contributed by atoms with Crippen molar-refractivity contribution in [3.63, 3.8) is 0 Å². The summed E-state index contributed by atoms with van der Waals surface area (Å²) < 4.78 is 26.1. The lowest BCUT2D eigenvalue weighted by atomic mass is 10.2. The Balaban J connectivity index is 3.02. The third-order valence-electron chi connectivity index (χ3n) is 1.58. The fraction of sp³-hybridized carbons (Fsp3) is 0.222. The minimum atomic E-state index is -3.46. The van der Waals surface area contributed by atoms with Gasteiger partial charge >= 0.3 is 0 Å². The van der Waals surface area contributed by atoms with Gasteiger partial charge in [0.05, 0.1) is 4.90 Å². The van der Waals surface area contributed by atoms with Crippen molar-refractivity contribution in [3.8, 4) is 0 Å². The lowest BCUT2D eigenvalue weighted by Crippen LogP contribution is -2.15. The molecule has 0 fully saturated rings. The van der Waals surface area contributed by atoms with Gasteiger partial charge in [-0.25, -0.2) is 8.42 Å². The Morgan fingerprint density at radius 2 is 1.85 bits per heavy atom. The normalized spacial score (nSPS) is 11.5. The van der Waals surface area contributed by atoms with E-state index in [4.69, 9.17) is 0 Å². The summed E-state index contributed by atoms with van der Waals surface area (Å²) >= 11 is 0. The summed E-state index contributed by atoms with van der Waals surface area (Å²) in [6.07, 6.45) is 0. The number of hydrogen-bond acceptors (Lipinski definition) is 2. The molecule has 0 aromatic heterocycles. The summed E-state index contributed by atoms with van der Waals surface area (Å²) in [6.45, 7) is 5.30. The van der Waals surface area contributed by atoms with Gasteiger partial charge in [-0.2, -0.15) is 0 Å². The molecule has 13 heavy (non-hydrogen) atoms. The molecular formula is C9H11NO2S. The first kappa shape index (κ1) is 10.2. The van der Waals surface area contributed by atoms with Crippen molar-refractivity contribution in [3.05, 3.63) is 36.8 Å². The maximum absolute atomic E-state index is 11.3. The Bertz CT molecular complexity index is 367. The summed E-state index contributed by atoms with van der Waals surface area (Å²) in [5.41, 5.74) is 1.02. The van der Waals surface area contributed by atoms with Gasteiger partial charge in [0.2, 0.25) is 0 Å². The molecule has 0 aliphatic carbocycles. The number of hydrogen-bond donors (Lipinski definition) is 0. The van der Waals surface area contributed by atoms with Gasteiger partial charge in [0.15, 0.2) is 0 Å². The smallest absolute Gasteiger partial charge is 0.206 e. The van der Waals surface area contributed by atoms with Crippen LogP contribution in [0.2, 0.25) is 0 Å². The van der Waals surface area contributed by atoms with E-state index in [0.29, 0.717) is 0 Å². The molecule has 0 aliphatic heterocycles. The minimum absolute atomic E-state index is 0.0379. The Kier molecular flexibility index (Phi) is 3.06. The Labute approximate surface area is 78.8 Å². The predicted octanol–water partition coefficient (Wildman–Crippen LogP) is 1.12. The zero-order valence-electron chi connectivity index (χ0n) is 7.40. The third kappa shape index (κ3) is 2.54. The van der Waals surface area contributed by atoms with Crippen molar-refractivity contribution in [1.29, 1.82) is 0 Å². The first-order valence-electron chi connectivity index (χ1n) is 3.86. The molecule has 0 spiro atoms. The van der Waals surface area contributed by atoms with E-state index in [1.54, 1.807) is 24.3 Å². The van der Waals surface area contributed by atoms with Crippen molar-refractivity contribution in [2.45, 2.75) is 11.8 Å². The van der Waals surface area contributed by atoms with Gasteiger partial charge in [0.25, 0.3) is 10.0 Å². The maximum Gasteiger partial charge on any atom is 0.256 e. The topological polar surface area (TPSA) is 48.2 Å². The van der Waals surface area contributed by atoms with Crippen molar-refractivity contribution >= 4 is 10.0 Å². The van der Waals surface area contributed by atoms with Gasteiger partial charge in [-0.05, 0) is 26.0 Å². The molecule has 3 nitrogen and oxygen atoms in total. The first-order chi connectivity index (χ1) is 6.06. The number of sulfonamides is 1. The van der Waals surface area contributed by atoms with Crippen LogP contribution in [0.4, 0.5) is 0 Å². The van der Waals surface area contributed by atoms with Crippen LogP contribution in [0.15, 0.2) is 29.2 Å². The molecule has 2 radical (unpaired) electrons. The number of aryl methyl sites for hydroxylation is 1. The van der Waals surface area contributed by atoms with Crippen LogP contribution in [-0.2, 0) is 10.0 Å². The van der Waals surface area contributed by atoms with Crippen LogP contribution in [-0.4, -0.2) is 15.0 Å². The highest BCUT2D eigenvalue weighted by Gasteiger charge is 2.12. The molecule has 0 N–H and O–H groups in total. The zero-order valence-corrected chi connectivity index (χ0v) is 8.21. The average molecular weight is 197 g/mol. The summed E-state index contributed by atoms with van der Waals surface area (Å²) in [6, 6.07) is 6.57. The van der Waals surface area contributed by atoms with E-state index in [2.05, 4.69) is 11.6 Å². The van der Waals surface area contributed by atoms with Crippen LogP contribution in [0.1, 0.15) is 5.56 Å². The van der Waals surface area contributed by atoms with Gasteiger partial charge in [-0.15, -0.1) is 4.72 Å². The van der Waals surface area contributed by atoms with Gasteiger partial charge < -0.3 is 0 Å². The SMILES string of the molecule is [CH2]C[N]S(=O)(=O)c1ccc(C)cc1. The van der Waals surface area contributed by atoms with Crippen LogP contribution < -0.4 is 4.72 Å². The number of rotatable bonds is 3. The summed E-state index contributed by atoms with van der Waals surface area (Å²) in [5.74, 6) is 0. The van der Waals surface area contributed by atoms with E-state index in [1.165, 1.54) is 0 Å². The molecule has 0 unspecified atom stereocenters. The molecule has 0 atom stereocenters. The largest absolute Gasteiger partial charge is 0.256 e. The van der Waals surface area contributed by atoms with E-state index in [1.807, 2.05) is 6.92 Å². The fourth-order valence-corrected chi connectivity index (χ4v) is 1.77. The highest BCUT2D eigenvalue weighted by molar-refractivity contribution is 7.89. The average Bonchev–Trinajstić information content (AvgIpc) is 2.05. The second-order valence-electron chi connectivity index (χ2n) is 2.64. The highest BCUT2D eigenvalue weighted by Crippen LogP contribution is 2.09. The fourth-order valence-electron chi connectivity index (χ4n) is 0.905. The molecule has 1 rings (SSSR count). The number of nitrogens with zero attached hydrogens (tertiary/aromatic N) is 1. The molecule has 1 aromatic rings. The first-order valence-corrected chi connectivity index (χ1v) is 5.30. The monoisotopic (exact) mass is 197 g/mol. The predicted molar refractivity (Wildman–Crippen MR) is 50.7 cm³/mol. The molecule has 0 saturated heterocycles. The summed E-state index contributed by atoms with van der Waals surface area (Å²) in [7, 11) is -3.46. The maximum atomic E-state index is 11.3.